The zero-order chi connectivity index (χ0) is 21.2. The maximum atomic E-state index is 13.2. The topological polar surface area (TPSA) is 59.3 Å². The molecule has 0 radical (unpaired) electrons. The molecule has 0 saturated carbocycles. The molecule has 8 heteroatoms. The summed E-state index contributed by atoms with van der Waals surface area (Å²) in [6.07, 6.45) is -0.0265. The lowest BCUT2D eigenvalue weighted by Crippen LogP contribution is -2.26. The lowest BCUT2D eigenvalue weighted by molar-refractivity contribution is -0.142. The summed E-state index contributed by atoms with van der Waals surface area (Å²) in [6, 6.07) is 8.59. The Bertz CT molecular complexity index is 1050. The number of aromatic nitrogens is 3. The number of aryl methyl sites for hydroxylation is 2. The highest BCUT2D eigenvalue weighted by Crippen LogP contribution is 2.30. The van der Waals surface area contributed by atoms with Crippen molar-refractivity contribution in [1.29, 1.82) is 0 Å². The number of hydrogen-bond donors (Lipinski definition) is 1. The van der Waals surface area contributed by atoms with Gasteiger partial charge in [-0.3, -0.25) is 4.79 Å². The number of nitrogens with one attached hydrogen (secondary N) is 1. The van der Waals surface area contributed by atoms with Gasteiger partial charge in [-0.05, 0) is 38.0 Å². The molecule has 1 aromatic carbocycles. The van der Waals surface area contributed by atoms with E-state index in [1.54, 1.807) is 6.92 Å². The van der Waals surface area contributed by atoms with Crippen LogP contribution < -0.4 is 5.32 Å². The number of carbonyl (C=O) groups excluding carboxylic acids is 1. The molecular weight excluding hydrogens is 381 g/mol. The third kappa shape index (κ3) is 4.47. The number of rotatable bonds is 5. The molecule has 1 amide bonds. The molecule has 0 saturated heterocycles. The van der Waals surface area contributed by atoms with Crippen molar-refractivity contribution in [2.75, 3.05) is 0 Å². The van der Waals surface area contributed by atoms with Crippen molar-refractivity contribution in [2.24, 2.45) is 0 Å². The molecule has 0 bridgehead atoms. The van der Waals surface area contributed by atoms with Crippen LogP contribution in [0.5, 0.6) is 0 Å². The van der Waals surface area contributed by atoms with Crippen molar-refractivity contribution < 1.29 is 18.0 Å². The summed E-state index contributed by atoms with van der Waals surface area (Å²) < 4.78 is 40.3. The Morgan fingerprint density at radius 2 is 1.90 bits per heavy atom. The lowest BCUT2D eigenvalue weighted by Gasteiger charge is -2.16. The monoisotopic (exact) mass is 402 g/mol. The van der Waals surface area contributed by atoms with Crippen molar-refractivity contribution in [2.45, 2.75) is 39.4 Å². The van der Waals surface area contributed by atoms with Gasteiger partial charge >= 0.3 is 6.18 Å². The molecule has 29 heavy (non-hydrogen) atoms. The van der Waals surface area contributed by atoms with Gasteiger partial charge in [0, 0.05) is 17.8 Å². The first-order chi connectivity index (χ1) is 13.7. The fourth-order valence-corrected chi connectivity index (χ4v) is 3.08. The van der Waals surface area contributed by atoms with Crippen molar-refractivity contribution in [1.82, 2.24) is 19.9 Å². The van der Waals surface area contributed by atoms with Gasteiger partial charge in [0.2, 0.25) is 5.91 Å². The van der Waals surface area contributed by atoms with Crippen molar-refractivity contribution in [3.63, 3.8) is 0 Å². The summed E-state index contributed by atoms with van der Waals surface area (Å²) in [6.45, 7) is 5.53. The van der Waals surface area contributed by atoms with E-state index in [1.165, 1.54) is 12.2 Å². The number of benzene rings is 1. The van der Waals surface area contributed by atoms with Gasteiger partial charge in [-0.25, -0.2) is 9.50 Å². The van der Waals surface area contributed by atoms with Gasteiger partial charge in [-0.1, -0.05) is 36.8 Å². The number of alkyl halides is 3. The van der Waals surface area contributed by atoms with Gasteiger partial charge in [0.05, 0.1) is 11.7 Å². The molecule has 0 aliphatic rings. The molecule has 0 aliphatic carbocycles. The molecule has 2 heterocycles. The third-order valence-electron chi connectivity index (χ3n) is 4.63. The number of carbonyl (C=O) groups is 1. The standard InChI is InChI=1S/C21H21F3N4O/c1-4-17(15-7-5-13(2)6-8-15)26-19(29)10-9-16-14(3)27-28-18(21(22,23)24)11-12-25-20(16)28/h5-12,17H,4H2,1-3H3,(H,26,29). The molecule has 0 fully saturated rings. The van der Waals surface area contributed by atoms with E-state index in [1.807, 2.05) is 38.1 Å². The Labute approximate surface area is 166 Å². The minimum atomic E-state index is -4.56. The van der Waals surface area contributed by atoms with Crippen LogP contribution in [0.15, 0.2) is 42.6 Å². The minimum Gasteiger partial charge on any atom is -0.346 e. The molecule has 5 nitrogen and oxygen atoms in total. The second-order valence-electron chi connectivity index (χ2n) is 6.78. The van der Waals surface area contributed by atoms with Crippen LogP contribution in [0.4, 0.5) is 13.2 Å². The average molecular weight is 402 g/mol. The van der Waals surface area contributed by atoms with Gasteiger partial charge in [-0.15, -0.1) is 0 Å². The third-order valence-corrected chi connectivity index (χ3v) is 4.63. The summed E-state index contributed by atoms with van der Waals surface area (Å²) >= 11 is 0. The van der Waals surface area contributed by atoms with E-state index in [0.717, 1.165) is 27.9 Å². The zero-order valence-electron chi connectivity index (χ0n) is 16.3. The highest BCUT2D eigenvalue weighted by atomic mass is 19.4. The highest BCUT2D eigenvalue weighted by Gasteiger charge is 2.34. The Hall–Kier alpha value is -3.16. The normalized spacial score (nSPS) is 13.2. The summed E-state index contributed by atoms with van der Waals surface area (Å²) in [5, 5.41) is 6.86. The summed E-state index contributed by atoms with van der Waals surface area (Å²) in [4.78, 5) is 16.4. The Morgan fingerprint density at radius 1 is 1.21 bits per heavy atom. The van der Waals surface area contributed by atoms with E-state index in [2.05, 4.69) is 15.4 Å². The summed E-state index contributed by atoms with van der Waals surface area (Å²) in [5.41, 5.74) is 1.97. The number of hydrogen-bond acceptors (Lipinski definition) is 3. The van der Waals surface area contributed by atoms with Gasteiger partial charge in [0.1, 0.15) is 5.69 Å². The van der Waals surface area contributed by atoms with Gasteiger partial charge < -0.3 is 5.32 Å². The second kappa shape index (κ2) is 8.06. The first kappa shape index (κ1) is 20.6. The van der Waals surface area contributed by atoms with Crippen LogP contribution in [-0.2, 0) is 11.0 Å². The molecular formula is C21H21F3N4O. The van der Waals surface area contributed by atoms with Crippen molar-refractivity contribution in [3.05, 3.63) is 70.7 Å². The second-order valence-corrected chi connectivity index (χ2v) is 6.78. The molecule has 3 aromatic rings. The van der Waals surface area contributed by atoms with E-state index in [9.17, 15) is 18.0 Å². The van der Waals surface area contributed by atoms with Crippen molar-refractivity contribution in [3.8, 4) is 0 Å². The number of halogens is 3. The largest absolute Gasteiger partial charge is 0.433 e. The van der Waals surface area contributed by atoms with Crippen LogP contribution in [-0.4, -0.2) is 20.5 Å². The number of fused-ring (bicyclic) bond motifs is 1. The number of amides is 1. The SMILES string of the molecule is CCC(NC(=O)C=Cc1c(C)nn2c(C(F)(F)F)ccnc12)c1ccc(C)cc1. The molecule has 1 unspecified atom stereocenters. The quantitative estimate of drug-likeness (QED) is 0.632. The van der Waals surface area contributed by atoms with E-state index in [4.69, 9.17) is 0 Å². The predicted molar refractivity (Wildman–Crippen MR) is 104 cm³/mol. The summed E-state index contributed by atoms with van der Waals surface area (Å²) in [7, 11) is 0. The minimum absolute atomic E-state index is 0.0481. The van der Waals surface area contributed by atoms with Gasteiger partial charge in [0.25, 0.3) is 0 Å². The predicted octanol–water partition coefficient (Wildman–Crippen LogP) is 4.65. The van der Waals surface area contributed by atoms with Crippen LogP contribution in [0, 0.1) is 13.8 Å². The molecule has 2 aromatic heterocycles. The van der Waals surface area contributed by atoms with Crippen LogP contribution in [0.1, 0.15) is 47.5 Å². The fraction of sp³-hybridized carbons (Fsp3) is 0.286. The van der Waals surface area contributed by atoms with Crippen molar-refractivity contribution >= 4 is 17.6 Å². The van der Waals surface area contributed by atoms with Gasteiger partial charge in [-0.2, -0.15) is 18.3 Å². The van der Waals surface area contributed by atoms with E-state index in [0.29, 0.717) is 17.7 Å². The Balaban J connectivity index is 1.84. The molecule has 3 rings (SSSR count). The lowest BCUT2D eigenvalue weighted by atomic mass is 10.0. The van der Waals surface area contributed by atoms with Crippen LogP contribution in [0.3, 0.4) is 0 Å². The first-order valence-corrected chi connectivity index (χ1v) is 9.17. The first-order valence-electron chi connectivity index (χ1n) is 9.17. The summed E-state index contributed by atoms with van der Waals surface area (Å²) in [5.74, 6) is -0.344. The average Bonchev–Trinajstić information content (AvgIpc) is 2.99. The van der Waals surface area contributed by atoms with Crippen LogP contribution >= 0.6 is 0 Å². The number of nitrogens with zero attached hydrogens (tertiary/aromatic N) is 3. The fourth-order valence-electron chi connectivity index (χ4n) is 3.08. The molecule has 152 valence electrons. The molecule has 1 N–H and O–H groups in total. The maximum Gasteiger partial charge on any atom is 0.433 e. The zero-order valence-corrected chi connectivity index (χ0v) is 16.3. The molecule has 0 aliphatic heterocycles. The molecule has 1 atom stereocenters. The smallest absolute Gasteiger partial charge is 0.346 e. The van der Waals surface area contributed by atoms with E-state index < -0.39 is 11.9 Å². The van der Waals surface area contributed by atoms with Gasteiger partial charge in [0.15, 0.2) is 5.65 Å². The highest BCUT2D eigenvalue weighted by molar-refractivity contribution is 5.93. The van der Waals surface area contributed by atoms with E-state index >= 15 is 0 Å². The van der Waals surface area contributed by atoms with Crippen LogP contribution in [0.25, 0.3) is 11.7 Å². The Morgan fingerprint density at radius 3 is 2.52 bits per heavy atom. The van der Waals surface area contributed by atoms with Crippen LogP contribution in [0.2, 0.25) is 0 Å². The van der Waals surface area contributed by atoms with E-state index in [-0.39, 0.29) is 17.6 Å². The molecule has 0 spiro atoms. The Kier molecular flexibility index (Phi) is 5.72. The maximum absolute atomic E-state index is 13.2.